The fourth-order valence-electron chi connectivity index (χ4n) is 2.08. The Hall–Kier alpha value is -2.27. The van der Waals surface area contributed by atoms with Gasteiger partial charge in [0.2, 0.25) is 0 Å². The van der Waals surface area contributed by atoms with E-state index in [1.807, 2.05) is 24.0 Å². The van der Waals surface area contributed by atoms with E-state index in [1.165, 1.54) is 22.9 Å². The lowest BCUT2D eigenvalue weighted by molar-refractivity contribution is -0.671. The minimum Gasteiger partial charge on any atom is -0.379 e. The Morgan fingerprint density at radius 1 is 1.13 bits per heavy atom. The maximum atomic E-state index is 7.21. The summed E-state index contributed by atoms with van der Waals surface area (Å²) in [7, 11) is 4.06. The van der Waals surface area contributed by atoms with Crippen LogP contribution < -0.4 is 15.2 Å². The van der Waals surface area contributed by atoms with Crippen molar-refractivity contribution < 1.29 is 4.57 Å². The standard InChI is InChI=1S/C18H23N4S/c1-21-11-9-16(10-12-21)4-3-15-5-7-17(8-6-15)22(2)13-14-23-18(19)20/h3-12H,13-14H2,1-2H3,(H3,19,20)/q+1. The summed E-state index contributed by atoms with van der Waals surface area (Å²) in [6.45, 7) is 0.862. The van der Waals surface area contributed by atoms with Crippen LogP contribution in [0.2, 0.25) is 0 Å². The fraction of sp³-hybridized carbons (Fsp3) is 0.222. The zero-order valence-corrected chi connectivity index (χ0v) is 14.4. The van der Waals surface area contributed by atoms with Crippen molar-refractivity contribution in [1.82, 2.24) is 0 Å². The predicted molar refractivity (Wildman–Crippen MR) is 101 cm³/mol. The van der Waals surface area contributed by atoms with E-state index in [4.69, 9.17) is 11.1 Å². The first-order valence-corrected chi connectivity index (χ1v) is 8.44. The van der Waals surface area contributed by atoms with Gasteiger partial charge in [0, 0.05) is 37.2 Å². The molecule has 0 atom stereocenters. The van der Waals surface area contributed by atoms with Crippen molar-refractivity contribution in [3.8, 4) is 0 Å². The molecule has 1 aromatic heterocycles. The highest BCUT2D eigenvalue weighted by Gasteiger charge is 2.01. The Kier molecular flexibility index (Phi) is 6.23. The van der Waals surface area contributed by atoms with Crippen LogP contribution in [0.1, 0.15) is 11.1 Å². The van der Waals surface area contributed by atoms with E-state index in [0.717, 1.165) is 18.0 Å². The molecule has 0 aliphatic carbocycles. The average molecular weight is 327 g/mol. The van der Waals surface area contributed by atoms with Gasteiger partial charge in [-0.2, -0.15) is 0 Å². The molecule has 0 saturated heterocycles. The van der Waals surface area contributed by atoms with Crippen LogP contribution in [0.25, 0.3) is 12.2 Å². The van der Waals surface area contributed by atoms with Gasteiger partial charge in [-0.15, -0.1) is 0 Å². The molecule has 0 amide bonds. The van der Waals surface area contributed by atoms with E-state index in [1.54, 1.807) is 0 Å². The van der Waals surface area contributed by atoms with Crippen LogP contribution in [0.4, 0.5) is 5.69 Å². The Labute approximate surface area is 142 Å². The molecule has 23 heavy (non-hydrogen) atoms. The molecule has 3 N–H and O–H groups in total. The second-order valence-electron chi connectivity index (χ2n) is 5.36. The third-order valence-electron chi connectivity index (χ3n) is 3.49. The lowest BCUT2D eigenvalue weighted by atomic mass is 10.1. The summed E-state index contributed by atoms with van der Waals surface area (Å²) in [6, 6.07) is 12.6. The van der Waals surface area contributed by atoms with Gasteiger partial charge in [-0.3, -0.25) is 5.41 Å². The third-order valence-corrected chi connectivity index (χ3v) is 4.19. The van der Waals surface area contributed by atoms with Gasteiger partial charge in [0.25, 0.3) is 0 Å². The van der Waals surface area contributed by atoms with Crippen molar-refractivity contribution in [3.63, 3.8) is 0 Å². The third kappa shape index (κ3) is 5.79. The fourth-order valence-corrected chi connectivity index (χ4v) is 2.66. The molecule has 120 valence electrons. The molecule has 4 nitrogen and oxygen atoms in total. The lowest BCUT2D eigenvalue weighted by Gasteiger charge is -2.18. The maximum absolute atomic E-state index is 7.21. The van der Waals surface area contributed by atoms with Crippen molar-refractivity contribution in [3.05, 3.63) is 59.9 Å². The summed E-state index contributed by atoms with van der Waals surface area (Å²) in [4.78, 5) is 2.17. The van der Waals surface area contributed by atoms with Gasteiger partial charge in [0.05, 0.1) is 0 Å². The number of amidine groups is 1. The van der Waals surface area contributed by atoms with E-state index in [2.05, 4.69) is 60.5 Å². The Bertz CT molecular complexity index is 662. The molecule has 5 heteroatoms. The largest absolute Gasteiger partial charge is 0.379 e. The van der Waals surface area contributed by atoms with Crippen LogP contribution in [0.3, 0.4) is 0 Å². The molecule has 0 spiro atoms. The molecule has 1 heterocycles. The summed E-state index contributed by atoms with van der Waals surface area (Å²) >= 11 is 1.37. The number of aryl methyl sites for hydroxylation is 1. The second kappa shape index (κ2) is 8.39. The lowest BCUT2D eigenvalue weighted by Crippen LogP contribution is -2.25. The number of pyridine rings is 1. The number of nitrogens with two attached hydrogens (primary N) is 1. The van der Waals surface area contributed by atoms with E-state index in [9.17, 15) is 0 Å². The number of nitrogens with zero attached hydrogens (tertiary/aromatic N) is 2. The number of rotatable bonds is 6. The van der Waals surface area contributed by atoms with Crippen LogP contribution >= 0.6 is 11.8 Å². The van der Waals surface area contributed by atoms with Crippen molar-refractivity contribution in [2.45, 2.75) is 0 Å². The molecule has 0 fully saturated rings. The second-order valence-corrected chi connectivity index (χ2v) is 6.49. The highest BCUT2D eigenvalue weighted by atomic mass is 32.2. The summed E-state index contributed by atoms with van der Waals surface area (Å²) in [5.41, 5.74) is 8.87. The van der Waals surface area contributed by atoms with Crippen LogP contribution in [0.5, 0.6) is 0 Å². The summed E-state index contributed by atoms with van der Waals surface area (Å²) < 4.78 is 2.02. The highest BCUT2D eigenvalue weighted by Crippen LogP contribution is 2.16. The van der Waals surface area contributed by atoms with Crippen molar-refractivity contribution >= 4 is 34.8 Å². The van der Waals surface area contributed by atoms with Crippen LogP contribution in [-0.4, -0.2) is 24.5 Å². The number of aromatic nitrogens is 1. The van der Waals surface area contributed by atoms with Gasteiger partial charge >= 0.3 is 0 Å². The molecule has 0 saturated carbocycles. The number of thioether (sulfide) groups is 1. The van der Waals surface area contributed by atoms with Crippen LogP contribution in [-0.2, 0) is 7.05 Å². The predicted octanol–water partition coefficient (Wildman–Crippen LogP) is 2.74. The molecular weight excluding hydrogens is 304 g/mol. The molecule has 2 rings (SSSR count). The zero-order chi connectivity index (χ0) is 16.7. The SMILES string of the molecule is CN(CCSC(=N)N)c1ccc(/C=C/c2cc[n+](C)cc2)cc1. The first-order valence-electron chi connectivity index (χ1n) is 7.46. The maximum Gasteiger partial charge on any atom is 0.169 e. The molecule has 0 unspecified atom stereocenters. The first kappa shape index (κ1) is 17.1. The van der Waals surface area contributed by atoms with Gasteiger partial charge < -0.3 is 10.6 Å². The summed E-state index contributed by atoms with van der Waals surface area (Å²) in [6.07, 6.45) is 8.31. The van der Waals surface area contributed by atoms with Gasteiger partial charge in [-0.25, -0.2) is 4.57 Å². The zero-order valence-electron chi connectivity index (χ0n) is 13.6. The van der Waals surface area contributed by atoms with Crippen LogP contribution in [0, 0.1) is 5.41 Å². The molecule has 1 aromatic carbocycles. The van der Waals surface area contributed by atoms with Crippen molar-refractivity contribution in [2.24, 2.45) is 12.8 Å². The minimum absolute atomic E-state index is 0.174. The van der Waals surface area contributed by atoms with Crippen LogP contribution in [0.15, 0.2) is 48.8 Å². The van der Waals surface area contributed by atoms with Gasteiger partial charge in [-0.1, -0.05) is 36.0 Å². The summed E-state index contributed by atoms with van der Waals surface area (Å²) in [5, 5.41) is 7.39. The number of hydrogen-bond donors (Lipinski definition) is 2. The minimum atomic E-state index is 0.174. The Morgan fingerprint density at radius 3 is 2.26 bits per heavy atom. The van der Waals surface area contributed by atoms with Gasteiger partial charge in [0.15, 0.2) is 17.6 Å². The van der Waals surface area contributed by atoms with Gasteiger partial charge in [0.1, 0.15) is 7.05 Å². The topological polar surface area (TPSA) is 57.0 Å². The molecule has 0 aliphatic rings. The number of nitrogens with one attached hydrogen (secondary N) is 1. The van der Waals surface area contributed by atoms with Crippen molar-refractivity contribution in [1.29, 1.82) is 5.41 Å². The molecule has 0 radical (unpaired) electrons. The first-order chi connectivity index (χ1) is 11.0. The van der Waals surface area contributed by atoms with Crippen molar-refractivity contribution in [2.75, 3.05) is 24.2 Å². The van der Waals surface area contributed by atoms with E-state index in [-0.39, 0.29) is 5.17 Å². The quantitative estimate of drug-likeness (QED) is 0.487. The molecule has 2 aromatic rings. The normalized spacial score (nSPS) is 10.9. The molecule has 0 aliphatic heterocycles. The molecular formula is C18H23N4S+. The Morgan fingerprint density at radius 2 is 1.70 bits per heavy atom. The number of anilines is 1. The summed E-state index contributed by atoms with van der Waals surface area (Å²) in [5.74, 6) is 0.818. The van der Waals surface area contributed by atoms with Gasteiger partial charge in [-0.05, 0) is 23.3 Å². The van der Waals surface area contributed by atoms with E-state index in [0.29, 0.717) is 0 Å². The number of hydrogen-bond acceptors (Lipinski definition) is 3. The molecule has 0 bridgehead atoms. The monoisotopic (exact) mass is 327 g/mol. The van der Waals surface area contributed by atoms with E-state index >= 15 is 0 Å². The number of benzene rings is 1. The average Bonchev–Trinajstić information content (AvgIpc) is 2.54. The van der Waals surface area contributed by atoms with E-state index < -0.39 is 0 Å². The smallest absolute Gasteiger partial charge is 0.169 e. The Balaban J connectivity index is 1.93. The highest BCUT2D eigenvalue weighted by molar-refractivity contribution is 8.13.